The zero-order chi connectivity index (χ0) is 23.0. The van der Waals surface area contributed by atoms with E-state index in [0.29, 0.717) is 35.2 Å². The van der Waals surface area contributed by atoms with Gasteiger partial charge in [-0.25, -0.2) is 4.79 Å². The number of halogens is 1. The van der Waals surface area contributed by atoms with Gasteiger partial charge in [-0.3, -0.25) is 10.1 Å². The van der Waals surface area contributed by atoms with Crippen molar-refractivity contribution in [2.24, 2.45) is 0 Å². The summed E-state index contributed by atoms with van der Waals surface area (Å²) in [6.45, 7) is 3.07. The van der Waals surface area contributed by atoms with Crippen molar-refractivity contribution >= 4 is 40.7 Å². The topological polar surface area (TPSA) is 79.9 Å². The Labute approximate surface area is 197 Å². The number of rotatable bonds is 6. The Kier molecular flexibility index (Phi) is 7.44. The van der Waals surface area contributed by atoms with E-state index in [-0.39, 0.29) is 0 Å². The van der Waals surface area contributed by atoms with Gasteiger partial charge in [-0.15, -0.1) is 0 Å². The van der Waals surface area contributed by atoms with E-state index in [1.807, 2.05) is 30.3 Å². The highest BCUT2D eigenvalue weighted by atomic mass is 35.5. The van der Waals surface area contributed by atoms with Crippen LogP contribution in [0.15, 0.2) is 78.9 Å². The van der Waals surface area contributed by atoms with Crippen molar-refractivity contribution in [2.45, 2.75) is 6.10 Å². The number of nitrogens with one attached hydrogen (secondary N) is 2. The molecule has 7 nitrogen and oxygen atoms in total. The highest BCUT2D eigenvalue weighted by Gasteiger charge is 2.25. The van der Waals surface area contributed by atoms with Crippen LogP contribution in [0.2, 0.25) is 5.02 Å². The van der Waals surface area contributed by atoms with Crippen molar-refractivity contribution in [1.29, 1.82) is 0 Å². The molecule has 0 aliphatic carbocycles. The maximum absolute atomic E-state index is 13.1. The molecular weight excluding hydrogens is 442 g/mol. The van der Waals surface area contributed by atoms with Crippen molar-refractivity contribution in [2.75, 3.05) is 41.8 Å². The highest BCUT2D eigenvalue weighted by molar-refractivity contribution is 6.30. The van der Waals surface area contributed by atoms with Crippen LogP contribution < -0.4 is 15.5 Å². The van der Waals surface area contributed by atoms with Gasteiger partial charge in [0.2, 0.25) is 6.10 Å². The maximum Gasteiger partial charge on any atom is 0.412 e. The number of anilines is 3. The number of nitrogens with zero attached hydrogens (tertiary/aromatic N) is 1. The summed E-state index contributed by atoms with van der Waals surface area (Å²) in [5.74, 6) is -0.452. The van der Waals surface area contributed by atoms with Gasteiger partial charge in [0.05, 0.1) is 13.2 Å². The lowest BCUT2D eigenvalue weighted by atomic mass is 10.1. The fourth-order valence-corrected chi connectivity index (χ4v) is 3.60. The van der Waals surface area contributed by atoms with Gasteiger partial charge in [0, 0.05) is 40.7 Å². The molecule has 0 bridgehead atoms. The van der Waals surface area contributed by atoms with Crippen LogP contribution in [-0.2, 0) is 14.3 Å². The van der Waals surface area contributed by atoms with Gasteiger partial charge in [-0.05, 0) is 48.5 Å². The summed E-state index contributed by atoms with van der Waals surface area (Å²) in [4.78, 5) is 27.8. The van der Waals surface area contributed by atoms with Crippen molar-refractivity contribution in [1.82, 2.24) is 0 Å². The smallest absolute Gasteiger partial charge is 0.412 e. The molecule has 1 aliphatic heterocycles. The van der Waals surface area contributed by atoms with E-state index in [1.165, 1.54) is 0 Å². The molecule has 2 N–H and O–H groups in total. The molecule has 3 aromatic carbocycles. The lowest BCUT2D eigenvalue weighted by molar-refractivity contribution is -0.124. The van der Waals surface area contributed by atoms with Gasteiger partial charge >= 0.3 is 6.09 Å². The van der Waals surface area contributed by atoms with E-state index in [1.54, 1.807) is 48.5 Å². The minimum Gasteiger partial charge on any atom is -0.431 e. The number of carbonyl (C=O) groups excluding carboxylic acids is 2. The molecule has 1 saturated heterocycles. The zero-order valence-electron chi connectivity index (χ0n) is 17.9. The largest absolute Gasteiger partial charge is 0.431 e. The molecule has 1 fully saturated rings. The number of morpholine rings is 1. The summed E-state index contributed by atoms with van der Waals surface area (Å²) in [6, 6.07) is 23.0. The third-order valence-electron chi connectivity index (χ3n) is 5.17. The van der Waals surface area contributed by atoms with Gasteiger partial charge < -0.3 is 19.7 Å². The Morgan fingerprint density at radius 3 is 2.12 bits per heavy atom. The number of carbonyl (C=O) groups is 2. The molecule has 3 aromatic rings. The summed E-state index contributed by atoms with van der Waals surface area (Å²) in [5.41, 5.74) is 2.75. The second kappa shape index (κ2) is 10.8. The van der Waals surface area contributed by atoms with Crippen molar-refractivity contribution in [3.8, 4) is 0 Å². The second-order valence-corrected chi connectivity index (χ2v) is 7.90. The minimum atomic E-state index is -1.13. The molecule has 0 unspecified atom stereocenters. The lowest BCUT2D eigenvalue weighted by Gasteiger charge is -2.29. The molecule has 1 atom stereocenters. The highest BCUT2D eigenvalue weighted by Crippen LogP contribution is 2.23. The van der Waals surface area contributed by atoms with E-state index in [9.17, 15) is 9.59 Å². The number of benzene rings is 3. The van der Waals surface area contributed by atoms with Gasteiger partial charge in [0.1, 0.15) is 0 Å². The summed E-state index contributed by atoms with van der Waals surface area (Å²) < 4.78 is 10.9. The second-order valence-electron chi connectivity index (χ2n) is 7.46. The van der Waals surface area contributed by atoms with Crippen LogP contribution in [0, 0.1) is 0 Å². The number of hydrogen-bond donors (Lipinski definition) is 2. The molecule has 33 heavy (non-hydrogen) atoms. The molecule has 0 saturated carbocycles. The van der Waals surface area contributed by atoms with Crippen molar-refractivity contribution < 1.29 is 19.1 Å². The van der Waals surface area contributed by atoms with Crippen molar-refractivity contribution in [3.05, 3.63) is 89.4 Å². The first-order chi connectivity index (χ1) is 16.1. The predicted octanol–water partition coefficient (Wildman–Crippen LogP) is 5.11. The maximum atomic E-state index is 13.1. The van der Waals surface area contributed by atoms with Gasteiger partial charge in [0.15, 0.2) is 0 Å². The summed E-state index contributed by atoms with van der Waals surface area (Å²) >= 11 is 5.88. The molecule has 0 aromatic heterocycles. The third kappa shape index (κ3) is 6.25. The SMILES string of the molecule is O=C(Nc1ccc(Cl)cc1)O[C@@H](C(=O)Nc1ccc(N2CCOCC2)cc1)c1ccccc1. The van der Waals surface area contributed by atoms with E-state index in [0.717, 1.165) is 18.8 Å². The normalized spacial score (nSPS) is 14.3. The Bertz CT molecular complexity index is 1070. The van der Waals surface area contributed by atoms with Crippen molar-refractivity contribution in [3.63, 3.8) is 0 Å². The Morgan fingerprint density at radius 2 is 1.45 bits per heavy atom. The molecule has 1 aliphatic rings. The van der Waals surface area contributed by atoms with Gasteiger partial charge in [0.25, 0.3) is 5.91 Å². The van der Waals surface area contributed by atoms with Gasteiger partial charge in [-0.2, -0.15) is 0 Å². The van der Waals surface area contributed by atoms with E-state index < -0.39 is 18.1 Å². The molecular formula is C25H24ClN3O4. The summed E-state index contributed by atoms with van der Waals surface area (Å²) in [6.07, 6.45) is -1.87. The molecule has 2 amide bonds. The van der Waals surface area contributed by atoms with Crippen LogP contribution in [0.5, 0.6) is 0 Å². The third-order valence-corrected chi connectivity index (χ3v) is 5.42. The average molecular weight is 466 g/mol. The fourth-order valence-electron chi connectivity index (χ4n) is 3.47. The van der Waals surface area contributed by atoms with Crippen LogP contribution in [0.25, 0.3) is 0 Å². The molecule has 4 rings (SSSR count). The summed E-state index contributed by atoms with van der Waals surface area (Å²) in [5, 5.41) is 6.01. The van der Waals surface area contributed by atoms with Crippen LogP contribution in [0.3, 0.4) is 0 Å². The fraction of sp³-hybridized carbons (Fsp3) is 0.200. The average Bonchev–Trinajstić information content (AvgIpc) is 2.85. The monoisotopic (exact) mass is 465 g/mol. The van der Waals surface area contributed by atoms with Gasteiger partial charge in [-0.1, -0.05) is 41.9 Å². The van der Waals surface area contributed by atoms with E-state index in [4.69, 9.17) is 21.1 Å². The minimum absolute atomic E-state index is 0.452. The number of ether oxygens (including phenoxy) is 2. The van der Waals surface area contributed by atoms with E-state index >= 15 is 0 Å². The zero-order valence-corrected chi connectivity index (χ0v) is 18.6. The Morgan fingerprint density at radius 1 is 0.848 bits per heavy atom. The molecule has 0 spiro atoms. The quantitative estimate of drug-likeness (QED) is 0.529. The number of hydrogen-bond acceptors (Lipinski definition) is 5. The van der Waals surface area contributed by atoms with Crippen LogP contribution in [0.1, 0.15) is 11.7 Å². The Balaban J connectivity index is 1.44. The predicted molar refractivity (Wildman–Crippen MR) is 129 cm³/mol. The van der Waals surface area contributed by atoms with Crippen LogP contribution >= 0.6 is 11.6 Å². The van der Waals surface area contributed by atoms with E-state index in [2.05, 4.69) is 15.5 Å². The van der Waals surface area contributed by atoms with Crippen LogP contribution in [-0.4, -0.2) is 38.3 Å². The molecule has 0 radical (unpaired) electrons. The lowest BCUT2D eigenvalue weighted by Crippen LogP contribution is -2.36. The summed E-state index contributed by atoms with van der Waals surface area (Å²) in [7, 11) is 0. The van der Waals surface area contributed by atoms with Crippen LogP contribution in [0.4, 0.5) is 21.9 Å². The Hall–Kier alpha value is -3.55. The molecule has 170 valence electrons. The first-order valence-corrected chi connectivity index (χ1v) is 11.0. The first kappa shape index (κ1) is 22.6. The standard InChI is InChI=1S/C25H24ClN3O4/c26-19-6-8-21(9-7-19)28-25(31)33-23(18-4-2-1-3-5-18)24(30)27-20-10-12-22(13-11-20)29-14-16-32-17-15-29/h1-13,23H,14-17H2,(H,27,30)(H,28,31)/t23-/m1/s1. The number of amides is 2. The molecule has 1 heterocycles. The molecule has 8 heteroatoms. The first-order valence-electron chi connectivity index (χ1n) is 10.6.